The summed E-state index contributed by atoms with van der Waals surface area (Å²) in [6.45, 7) is 8.84. The predicted molar refractivity (Wildman–Crippen MR) is 122 cm³/mol. The van der Waals surface area contributed by atoms with Crippen molar-refractivity contribution in [2.45, 2.75) is 18.3 Å². The van der Waals surface area contributed by atoms with Crippen molar-refractivity contribution in [2.75, 3.05) is 26.2 Å². The van der Waals surface area contributed by atoms with Crippen molar-refractivity contribution in [3.63, 3.8) is 0 Å². The van der Waals surface area contributed by atoms with E-state index in [9.17, 15) is 8.42 Å². The highest BCUT2D eigenvalue weighted by Crippen LogP contribution is 2.32. The first-order chi connectivity index (χ1) is 14.6. The first-order valence-corrected chi connectivity index (χ1v) is 11.7. The lowest BCUT2D eigenvalue weighted by Crippen LogP contribution is -2.42. The molecule has 2 heterocycles. The molecule has 0 amide bonds. The number of benzene rings is 2. The highest BCUT2D eigenvalue weighted by molar-refractivity contribution is 7.90. The van der Waals surface area contributed by atoms with Crippen LogP contribution >= 0.6 is 0 Å². The van der Waals surface area contributed by atoms with Crippen LogP contribution in [0.5, 0.6) is 0 Å². The van der Waals surface area contributed by atoms with Crippen molar-refractivity contribution in [2.24, 2.45) is 5.73 Å². The van der Waals surface area contributed by atoms with E-state index in [0.29, 0.717) is 11.1 Å². The lowest BCUT2D eigenvalue weighted by atomic mass is 10.0. The molecule has 0 aliphatic carbocycles. The maximum Gasteiger partial charge on any atom is 0.249 e. The fourth-order valence-electron chi connectivity index (χ4n) is 4.21. The van der Waals surface area contributed by atoms with E-state index in [0.717, 1.165) is 49.2 Å². The van der Waals surface area contributed by atoms with E-state index in [4.69, 9.17) is 5.73 Å². The minimum Gasteiger partial charge on any atom is -0.326 e. The van der Waals surface area contributed by atoms with Gasteiger partial charge in [-0.2, -0.15) is 0 Å². The molecule has 30 heavy (non-hydrogen) atoms. The first kappa shape index (κ1) is 20.8. The molecule has 1 unspecified atom stereocenters. The summed E-state index contributed by atoms with van der Waals surface area (Å²) in [4.78, 5) is 2.39. The predicted octanol–water partition coefficient (Wildman–Crippen LogP) is 2.61. The number of hydrogen-bond donors (Lipinski definition) is 2. The zero-order valence-electron chi connectivity index (χ0n) is 17.0. The van der Waals surface area contributed by atoms with E-state index in [2.05, 4.69) is 22.9 Å². The summed E-state index contributed by atoms with van der Waals surface area (Å²) in [5.41, 5.74) is 9.18. The SMILES string of the molecule is C=CC(c1ccccc1CN)S(=O)(=O)n1ccc2c(CN3CCNCC3)cccc21. The molecular weight excluding hydrogens is 396 g/mol. The van der Waals surface area contributed by atoms with Crippen molar-refractivity contribution < 1.29 is 8.42 Å². The summed E-state index contributed by atoms with van der Waals surface area (Å²) in [7, 11) is -3.75. The molecule has 0 spiro atoms. The molecular formula is C23H28N4O2S. The molecule has 1 fully saturated rings. The summed E-state index contributed by atoms with van der Waals surface area (Å²) in [5.74, 6) is 0. The number of nitrogens with zero attached hydrogens (tertiary/aromatic N) is 2. The zero-order chi connectivity index (χ0) is 21.1. The molecule has 0 radical (unpaired) electrons. The summed E-state index contributed by atoms with van der Waals surface area (Å²) >= 11 is 0. The Morgan fingerprint density at radius 3 is 2.53 bits per heavy atom. The molecule has 3 N–H and O–H groups in total. The largest absolute Gasteiger partial charge is 0.326 e. The molecule has 7 heteroatoms. The van der Waals surface area contributed by atoms with E-state index in [-0.39, 0.29) is 6.54 Å². The van der Waals surface area contributed by atoms with Gasteiger partial charge < -0.3 is 11.1 Å². The molecule has 0 saturated carbocycles. The van der Waals surface area contributed by atoms with Gasteiger partial charge in [0.15, 0.2) is 0 Å². The van der Waals surface area contributed by atoms with Crippen LogP contribution in [0.25, 0.3) is 10.9 Å². The molecule has 1 aliphatic rings. The number of rotatable bonds is 7. The van der Waals surface area contributed by atoms with Crippen molar-refractivity contribution in [3.05, 3.63) is 84.1 Å². The number of piperazine rings is 1. The van der Waals surface area contributed by atoms with Gasteiger partial charge in [-0.15, -0.1) is 6.58 Å². The van der Waals surface area contributed by atoms with Crippen molar-refractivity contribution in [3.8, 4) is 0 Å². The fraction of sp³-hybridized carbons (Fsp3) is 0.304. The third-order valence-electron chi connectivity index (χ3n) is 5.78. The van der Waals surface area contributed by atoms with Crippen molar-refractivity contribution >= 4 is 20.9 Å². The van der Waals surface area contributed by atoms with Gasteiger partial charge in [0.1, 0.15) is 5.25 Å². The van der Waals surface area contributed by atoms with Crippen LogP contribution in [0.15, 0.2) is 67.4 Å². The average Bonchev–Trinajstić information content (AvgIpc) is 3.21. The first-order valence-electron chi connectivity index (χ1n) is 10.2. The van der Waals surface area contributed by atoms with Crippen LogP contribution in [0.4, 0.5) is 0 Å². The van der Waals surface area contributed by atoms with E-state index in [1.807, 2.05) is 42.5 Å². The Kier molecular flexibility index (Phi) is 6.06. The monoisotopic (exact) mass is 424 g/mol. The summed E-state index contributed by atoms with van der Waals surface area (Å²) < 4.78 is 28.7. The van der Waals surface area contributed by atoms with Crippen LogP contribution in [0, 0.1) is 0 Å². The highest BCUT2D eigenvalue weighted by atomic mass is 32.2. The molecule has 3 aromatic rings. The lowest BCUT2D eigenvalue weighted by molar-refractivity contribution is 0.234. The van der Waals surface area contributed by atoms with E-state index < -0.39 is 15.3 Å². The van der Waals surface area contributed by atoms with Gasteiger partial charge >= 0.3 is 0 Å². The van der Waals surface area contributed by atoms with Crippen LogP contribution in [-0.4, -0.2) is 43.5 Å². The number of nitrogens with one attached hydrogen (secondary N) is 1. The molecule has 1 aliphatic heterocycles. The second kappa shape index (κ2) is 8.73. The van der Waals surface area contributed by atoms with Gasteiger partial charge in [0.05, 0.1) is 5.52 Å². The van der Waals surface area contributed by atoms with Crippen molar-refractivity contribution in [1.29, 1.82) is 0 Å². The smallest absolute Gasteiger partial charge is 0.249 e. The molecule has 6 nitrogen and oxygen atoms in total. The van der Waals surface area contributed by atoms with Crippen LogP contribution in [-0.2, 0) is 23.1 Å². The third kappa shape index (κ3) is 3.81. The average molecular weight is 425 g/mol. The van der Waals surface area contributed by atoms with Gasteiger partial charge in [-0.1, -0.05) is 42.5 Å². The minimum atomic E-state index is -3.75. The Hall–Kier alpha value is -2.45. The Balaban J connectivity index is 1.74. The lowest BCUT2D eigenvalue weighted by Gasteiger charge is -2.27. The maximum atomic E-state index is 13.6. The topological polar surface area (TPSA) is 80.4 Å². The minimum absolute atomic E-state index is 0.275. The second-order valence-electron chi connectivity index (χ2n) is 7.59. The van der Waals surface area contributed by atoms with Gasteiger partial charge in [-0.3, -0.25) is 4.90 Å². The standard InChI is InChI=1S/C23H28N4O2S/c1-2-23(21-8-4-3-6-18(21)16-24)30(28,29)27-13-10-20-19(7-5-9-22(20)27)17-26-14-11-25-12-15-26/h2-10,13,23,25H,1,11-12,14-17,24H2. The molecule has 0 bridgehead atoms. The summed E-state index contributed by atoms with van der Waals surface area (Å²) in [6.07, 6.45) is 3.14. The normalized spacial score (nSPS) is 16.6. The van der Waals surface area contributed by atoms with Gasteiger partial charge in [-0.25, -0.2) is 12.4 Å². The summed E-state index contributed by atoms with van der Waals surface area (Å²) in [6, 6.07) is 15.2. The molecule has 1 atom stereocenters. The van der Waals surface area contributed by atoms with Gasteiger partial charge in [0, 0.05) is 50.9 Å². The van der Waals surface area contributed by atoms with Crippen LogP contribution in [0.1, 0.15) is 21.9 Å². The maximum absolute atomic E-state index is 13.6. The Morgan fingerprint density at radius 1 is 1.07 bits per heavy atom. The van der Waals surface area contributed by atoms with E-state index in [1.54, 1.807) is 6.20 Å². The Bertz CT molecular complexity index is 1150. The third-order valence-corrected chi connectivity index (χ3v) is 7.74. The van der Waals surface area contributed by atoms with Gasteiger partial charge in [0.25, 0.3) is 0 Å². The number of fused-ring (bicyclic) bond motifs is 1. The molecule has 1 saturated heterocycles. The fourth-order valence-corrected chi connectivity index (χ4v) is 5.91. The number of nitrogens with two attached hydrogens (primary N) is 1. The quantitative estimate of drug-likeness (QED) is 0.570. The number of hydrogen-bond acceptors (Lipinski definition) is 5. The zero-order valence-corrected chi connectivity index (χ0v) is 17.8. The van der Waals surface area contributed by atoms with Gasteiger partial charge in [-0.05, 0) is 28.8 Å². The molecule has 158 valence electrons. The van der Waals surface area contributed by atoms with Crippen molar-refractivity contribution in [1.82, 2.24) is 14.2 Å². The van der Waals surface area contributed by atoms with Crippen LogP contribution in [0.2, 0.25) is 0 Å². The second-order valence-corrected chi connectivity index (χ2v) is 9.52. The summed E-state index contributed by atoms with van der Waals surface area (Å²) in [5, 5.41) is 3.46. The van der Waals surface area contributed by atoms with E-state index in [1.165, 1.54) is 10.0 Å². The number of aromatic nitrogens is 1. The molecule has 1 aromatic heterocycles. The van der Waals surface area contributed by atoms with Crippen LogP contribution in [0.3, 0.4) is 0 Å². The molecule has 2 aromatic carbocycles. The highest BCUT2D eigenvalue weighted by Gasteiger charge is 2.29. The molecule has 4 rings (SSSR count). The Morgan fingerprint density at radius 2 is 1.80 bits per heavy atom. The van der Waals surface area contributed by atoms with Gasteiger partial charge in [0.2, 0.25) is 10.0 Å². The Labute approximate surface area is 178 Å². The van der Waals surface area contributed by atoms with Crippen LogP contribution < -0.4 is 11.1 Å². The van der Waals surface area contributed by atoms with E-state index >= 15 is 0 Å².